The molecule has 0 fully saturated rings. The Morgan fingerprint density at radius 3 is 2.28 bits per heavy atom. The van der Waals surface area contributed by atoms with E-state index < -0.39 is 22.7 Å². The van der Waals surface area contributed by atoms with Crippen LogP contribution in [-0.4, -0.2) is 37.1 Å². The highest BCUT2D eigenvalue weighted by atomic mass is 16.6. The first-order chi connectivity index (χ1) is 11.6. The maximum atomic E-state index is 12.0. The largest absolute Gasteiger partial charge is 0.493 e. The topological polar surface area (TPSA) is 117 Å². The van der Waals surface area contributed by atoms with Crippen LogP contribution in [0.25, 0.3) is 0 Å². The molecule has 0 aliphatic heterocycles. The maximum absolute atomic E-state index is 12.0. The van der Waals surface area contributed by atoms with Crippen molar-refractivity contribution >= 4 is 18.1 Å². The van der Waals surface area contributed by atoms with Gasteiger partial charge in [-0.1, -0.05) is 0 Å². The summed E-state index contributed by atoms with van der Waals surface area (Å²) in [4.78, 5) is 33.8. The molecule has 1 atom stereocenters. The van der Waals surface area contributed by atoms with Crippen LogP contribution in [0, 0.1) is 10.1 Å². The van der Waals surface area contributed by atoms with Crippen LogP contribution in [0.15, 0.2) is 12.1 Å². The number of hydrogen-bond donors (Lipinski definition) is 1. The summed E-state index contributed by atoms with van der Waals surface area (Å²) in [5, 5.41) is 13.9. The Kier molecular flexibility index (Phi) is 6.72. The van der Waals surface area contributed by atoms with Gasteiger partial charge in [0.05, 0.1) is 36.8 Å². The quantitative estimate of drug-likeness (QED) is 0.454. The van der Waals surface area contributed by atoms with Crippen molar-refractivity contribution in [3.05, 3.63) is 27.8 Å². The molecule has 0 radical (unpaired) electrons. The number of nitrogens with one attached hydrogen (secondary N) is 1. The highest BCUT2D eigenvalue weighted by molar-refractivity contribution is 5.70. The van der Waals surface area contributed by atoms with Gasteiger partial charge in [-0.2, -0.15) is 0 Å². The van der Waals surface area contributed by atoms with Crippen LogP contribution in [0.1, 0.15) is 38.8 Å². The Balaban J connectivity index is 3.31. The highest BCUT2D eigenvalue weighted by Crippen LogP contribution is 2.38. The normalized spacial score (nSPS) is 12.0. The molecule has 1 aromatic rings. The number of alkyl carbamates (subject to hydrolysis) is 1. The lowest BCUT2D eigenvalue weighted by molar-refractivity contribution is -0.385. The van der Waals surface area contributed by atoms with Crippen molar-refractivity contribution in [1.29, 1.82) is 0 Å². The second-order valence-electron chi connectivity index (χ2n) is 6.12. The van der Waals surface area contributed by atoms with E-state index in [1.54, 1.807) is 20.8 Å². The van der Waals surface area contributed by atoms with Gasteiger partial charge in [-0.25, -0.2) is 4.79 Å². The number of nitrogens with zero attached hydrogens (tertiary/aromatic N) is 1. The van der Waals surface area contributed by atoms with Crippen molar-refractivity contribution < 1.29 is 28.7 Å². The molecule has 1 aromatic carbocycles. The third-order valence-corrected chi connectivity index (χ3v) is 3.13. The molecule has 0 bridgehead atoms. The third-order valence-electron chi connectivity index (χ3n) is 3.13. The summed E-state index contributed by atoms with van der Waals surface area (Å²) in [6.07, 6.45) is -0.402. The van der Waals surface area contributed by atoms with Crippen molar-refractivity contribution in [2.24, 2.45) is 0 Å². The lowest BCUT2D eigenvalue weighted by Gasteiger charge is -2.23. The molecule has 9 nitrogen and oxygen atoms in total. The van der Waals surface area contributed by atoms with Crippen molar-refractivity contribution in [2.75, 3.05) is 14.2 Å². The summed E-state index contributed by atoms with van der Waals surface area (Å²) >= 11 is 0. The predicted octanol–water partition coefficient (Wildman–Crippen LogP) is 2.77. The Morgan fingerprint density at radius 2 is 1.84 bits per heavy atom. The van der Waals surface area contributed by atoms with Crippen LogP contribution >= 0.6 is 0 Å². The van der Waals surface area contributed by atoms with E-state index in [1.807, 2.05) is 0 Å². The maximum Gasteiger partial charge on any atom is 0.408 e. The Hall–Kier alpha value is -2.84. The molecule has 0 aliphatic rings. The Morgan fingerprint density at radius 1 is 1.28 bits per heavy atom. The summed E-state index contributed by atoms with van der Waals surface area (Å²) in [5.74, 6) is 0.407. The summed E-state index contributed by atoms with van der Waals surface area (Å²) in [5.41, 5.74) is -0.944. The summed E-state index contributed by atoms with van der Waals surface area (Å²) in [7, 11) is 2.73. The van der Waals surface area contributed by atoms with Crippen molar-refractivity contribution in [3.63, 3.8) is 0 Å². The molecule has 1 N–H and O–H groups in total. The number of nitro benzene ring substituents is 1. The molecule has 9 heteroatoms. The first-order valence-corrected chi connectivity index (χ1v) is 7.46. The smallest absolute Gasteiger partial charge is 0.408 e. The zero-order chi connectivity index (χ0) is 19.2. The number of nitro groups is 1. The van der Waals surface area contributed by atoms with Gasteiger partial charge < -0.3 is 24.3 Å². The minimum atomic E-state index is -0.951. The fraction of sp³-hybridized carbons (Fsp3) is 0.500. The van der Waals surface area contributed by atoms with Crippen molar-refractivity contribution in [2.45, 2.75) is 38.8 Å². The van der Waals surface area contributed by atoms with Crippen molar-refractivity contribution in [3.8, 4) is 11.5 Å². The first-order valence-electron chi connectivity index (χ1n) is 7.46. The van der Waals surface area contributed by atoms with Crippen LogP contribution in [-0.2, 0) is 9.53 Å². The van der Waals surface area contributed by atoms with Gasteiger partial charge in [0.1, 0.15) is 11.9 Å². The van der Waals surface area contributed by atoms with Gasteiger partial charge in [0, 0.05) is 6.42 Å². The number of benzene rings is 1. The number of aldehydes is 1. The van der Waals surface area contributed by atoms with E-state index in [0.717, 1.165) is 0 Å². The Labute approximate surface area is 145 Å². The second-order valence-corrected chi connectivity index (χ2v) is 6.12. The summed E-state index contributed by atoms with van der Waals surface area (Å²) < 4.78 is 15.3. The highest BCUT2D eigenvalue weighted by Gasteiger charge is 2.28. The average Bonchev–Trinajstić information content (AvgIpc) is 2.51. The number of rotatable bonds is 7. The van der Waals surface area contributed by atoms with Crippen molar-refractivity contribution in [1.82, 2.24) is 5.32 Å². The van der Waals surface area contributed by atoms with Gasteiger partial charge in [0.15, 0.2) is 11.5 Å². The number of amides is 1. The minimum Gasteiger partial charge on any atom is -0.493 e. The second kappa shape index (κ2) is 8.32. The zero-order valence-electron chi connectivity index (χ0n) is 14.8. The third kappa shape index (κ3) is 5.63. The lowest BCUT2D eigenvalue weighted by atomic mass is 10.0. The van der Waals surface area contributed by atoms with E-state index >= 15 is 0 Å². The fourth-order valence-electron chi connectivity index (χ4n) is 2.13. The SMILES string of the molecule is COc1cc([C@H](CC=O)NC(=O)OC(C)(C)C)c([N+](=O)[O-])cc1OC. The average molecular weight is 354 g/mol. The Bertz CT molecular complexity index is 653. The molecule has 0 aromatic heterocycles. The number of carbonyl (C=O) groups excluding carboxylic acids is 2. The molecule has 25 heavy (non-hydrogen) atoms. The van der Waals surface area contributed by atoms with E-state index in [1.165, 1.54) is 26.4 Å². The fourth-order valence-corrected chi connectivity index (χ4v) is 2.13. The van der Waals surface area contributed by atoms with E-state index in [2.05, 4.69) is 5.32 Å². The molecule has 0 unspecified atom stereocenters. The monoisotopic (exact) mass is 354 g/mol. The minimum absolute atomic E-state index is 0.112. The number of hydrogen-bond acceptors (Lipinski definition) is 7. The van der Waals surface area contributed by atoms with Gasteiger partial charge in [-0.15, -0.1) is 0 Å². The van der Waals surface area contributed by atoms with E-state index in [-0.39, 0.29) is 29.2 Å². The van der Waals surface area contributed by atoms with Gasteiger partial charge in [-0.3, -0.25) is 10.1 Å². The van der Waals surface area contributed by atoms with Gasteiger partial charge >= 0.3 is 6.09 Å². The molecule has 0 aliphatic carbocycles. The number of ether oxygens (including phenoxy) is 3. The number of methoxy groups -OCH3 is 2. The predicted molar refractivity (Wildman–Crippen MR) is 89.0 cm³/mol. The molecule has 0 saturated heterocycles. The summed E-state index contributed by atoms with van der Waals surface area (Å²) in [6.45, 7) is 5.04. The first kappa shape index (κ1) is 20.2. The van der Waals surface area contributed by atoms with Crippen LogP contribution in [0.5, 0.6) is 11.5 Å². The van der Waals surface area contributed by atoms with E-state index in [9.17, 15) is 19.7 Å². The van der Waals surface area contributed by atoms with Crippen LogP contribution in [0.4, 0.5) is 10.5 Å². The van der Waals surface area contributed by atoms with Gasteiger partial charge in [-0.05, 0) is 26.8 Å². The molecule has 138 valence electrons. The molecule has 0 heterocycles. The molecule has 1 rings (SSSR count). The molecule has 0 saturated carbocycles. The molecule has 0 spiro atoms. The van der Waals surface area contributed by atoms with Crippen LogP contribution in [0.2, 0.25) is 0 Å². The van der Waals surface area contributed by atoms with Crippen LogP contribution in [0.3, 0.4) is 0 Å². The molecule has 1 amide bonds. The summed E-state index contributed by atoms with van der Waals surface area (Å²) in [6, 6.07) is 1.60. The van der Waals surface area contributed by atoms with Gasteiger partial charge in [0.25, 0.3) is 5.69 Å². The van der Waals surface area contributed by atoms with E-state index in [4.69, 9.17) is 14.2 Å². The number of carbonyl (C=O) groups is 2. The molecular weight excluding hydrogens is 332 g/mol. The molecular formula is C16H22N2O7. The standard InChI is InChI=1S/C16H22N2O7/c1-16(2,3)25-15(20)17-11(6-7-19)10-8-13(23-4)14(24-5)9-12(10)18(21)22/h7-9,11H,6H2,1-5H3,(H,17,20)/t11-/m0/s1. The lowest BCUT2D eigenvalue weighted by Crippen LogP contribution is -2.35. The zero-order valence-corrected chi connectivity index (χ0v) is 14.8. The van der Waals surface area contributed by atoms with Gasteiger partial charge in [0.2, 0.25) is 0 Å². The van der Waals surface area contributed by atoms with E-state index in [0.29, 0.717) is 6.29 Å². The van der Waals surface area contributed by atoms with Crippen LogP contribution < -0.4 is 14.8 Å².